The van der Waals surface area contributed by atoms with Gasteiger partial charge in [0.2, 0.25) is 0 Å². The zero-order chi connectivity index (χ0) is 48.0. The lowest BCUT2D eigenvalue weighted by Crippen LogP contribution is -2.45. The minimum Gasteiger partial charge on any atom is -0.493 e. The number of hydrogen-bond donors (Lipinski definition) is 1. The molecule has 2 saturated heterocycles. The van der Waals surface area contributed by atoms with Crippen LogP contribution in [0.15, 0.2) is 146 Å². The Morgan fingerprint density at radius 2 is 1.01 bits per heavy atom. The number of nitrogens with zero attached hydrogens (tertiary/aromatic N) is 3. The van der Waals surface area contributed by atoms with Crippen molar-refractivity contribution in [2.24, 2.45) is 5.92 Å². The minimum atomic E-state index is -0.0557. The van der Waals surface area contributed by atoms with Gasteiger partial charge in [0, 0.05) is 54.2 Å². The van der Waals surface area contributed by atoms with Crippen molar-refractivity contribution in [3.05, 3.63) is 157 Å². The van der Waals surface area contributed by atoms with Crippen LogP contribution in [0.1, 0.15) is 78.5 Å². The van der Waals surface area contributed by atoms with Gasteiger partial charge < -0.3 is 34.1 Å². The molecule has 3 fully saturated rings. The molecule has 360 valence electrons. The molecular formula is C59H68N4O6. The molecule has 10 heteroatoms. The number of likely N-dealkylation sites (tertiary alicyclic amines) is 1. The first-order valence-corrected chi connectivity index (χ1v) is 24.7. The Bertz CT molecular complexity index is 2590. The van der Waals surface area contributed by atoms with E-state index >= 15 is 0 Å². The summed E-state index contributed by atoms with van der Waals surface area (Å²) in [5, 5.41) is 3.51. The van der Waals surface area contributed by atoms with E-state index in [9.17, 15) is 9.59 Å². The third kappa shape index (κ3) is 12.3. The lowest BCUT2D eigenvalue weighted by Gasteiger charge is -2.34. The van der Waals surface area contributed by atoms with Crippen molar-refractivity contribution in [1.29, 1.82) is 0 Å². The predicted molar refractivity (Wildman–Crippen MR) is 278 cm³/mol. The van der Waals surface area contributed by atoms with Gasteiger partial charge in [-0.15, -0.1) is 0 Å². The highest BCUT2D eigenvalue weighted by Gasteiger charge is 2.32. The van der Waals surface area contributed by atoms with E-state index in [1.807, 2.05) is 58.3 Å². The van der Waals surface area contributed by atoms with E-state index in [-0.39, 0.29) is 17.9 Å². The Balaban J connectivity index is 0.000000190. The van der Waals surface area contributed by atoms with Crippen molar-refractivity contribution in [2.75, 3.05) is 71.0 Å². The van der Waals surface area contributed by atoms with Gasteiger partial charge in [0.25, 0.3) is 11.8 Å². The molecular weight excluding hydrogens is 861 g/mol. The second-order valence-electron chi connectivity index (χ2n) is 18.4. The topological polar surface area (TPSA) is 92.8 Å². The number of ether oxygens (including phenoxy) is 4. The third-order valence-corrected chi connectivity index (χ3v) is 14.0. The van der Waals surface area contributed by atoms with Gasteiger partial charge in [0.05, 0.1) is 28.4 Å². The van der Waals surface area contributed by atoms with Gasteiger partial charge >= 0.3 is 0 Å². The van der Waals surface area contributed by atoms with E-state index in [1.165, 1.54) is 38.5 Å². The van der Waals surface area contributed by atoms with Crippen LogP contribution in [0.5, 0.6) is 23.0 Å². The number of carbonyl (C=O) groups excluding carboxylic acids is 2. The third-order valence-electron chi connectivity index (χ3n) is 14.0. The molecule has 0 aromatic heterocycles. The number of anilines is 2. The van der Waals surface area contributed by atoms with E-state index in [1.54, 1.807) is 52.7 Å². The zero-order valence-electron chi connectivity index (χ0n) is 40.8. The highest BCUT2D eigenvalue weighted by atomic mass is 16.5. The zero-order valence-corrected chi connectivity index (χ0v) is 40.8. The predicted octanol–water partition coefficient (Wildman–Crippen LogP) is 11.8. The van der Waals surface area contributed by atoms with Crippen molar-refractivity contribution in [3.63, 3.8) is 0 Å². The van der Waals surface area contributed by atoms with Gasteiger partial charge in [-0.05, 0) is 140 Å². The Morgan fingerprint density at radius 1 is 0.507 bits per heavy atom. The Kier molecular flexibility index (Phi) is 17.0. The quantitative estimate of drug-likeness (QED) is 0.103. The monoisotopic (exact) mass is 929 g/mol. The van der Waals surface area contributed by atoms with Crippen LogP contribution in [-0.2, 0) is 0 Å². The highest BCUT2D eigenvalue weighted by molar-refractivity contribution is 6.07. The molecule has 6 aromatic carbocycles. The van der Waals surface area contributed by atoms with Crippen molar-refractivity contribution < 1.29 is 28.5 Å². The first kappa shape index (κ1) is 48.8. The highest BCUT2D eigenvalue weighted by Crippen LogP contribution is 2.34. The Hall–Kier alpha value is -6.62. The molecule has 2 atom stereocenters. The number of methoxy groups -OCH3 is 4. The molecule has 3 aliphatic rings. The molecule has 0 unspecified atom stereocenters. The van der Waals surface area contributed by atoms with Gasteiger partial charge in [0.1, 0.15) is 0 Å². The van der Waals surface area contributed by atoms with E-state index in [0.717, 1.165) is 78.4 Å². The molecule has 10 nitrogen and oxygen atoms in total. The maximum atomic E-state index is 14.2. The summed E-state index contributed by atoms with van der Waals surface area (Å²) in [4.78, 5) is 34.3. The fraction of sp³-hybridized carbons (Fsp3) is 0.356. The second kappa shape index (κ2) is 24.1. The molecule has 0 bridgehead atoms. The van der Waals surface area contributed by atoms with Gasteiger partial charge in [-0.3, -0.25) is 14.5 Å². The average molecular weight is 929 g/mol. The van der Waals surface area contributed by atoms with Crippen LogP contribution in [0.4, 0.5) is 11.4 Å². The first-order valence-electron chi connectivity index (χ1n) is 24.7. The standard InChI is InChI=1S/C33H40N2O3.C26H28N2O3/c1-37-31-19-18-28(22-32(31)38-2)33(36)35(29-16-9-15-27(21-29)26-13-7-4-8-14-26)24-30-17-10-20-34(30)23-25-11-5-3-6-12-25;1-30-24-14-13-21(17-25(24)31-2)26(29)28(18-22-11-7-15-27-22)23-12-6-10-20(16-23)19-8-4-3-5-9-19/h4,7-9,13-16,18-19,21-22,25,30H,3,5-6,10-12,17,20,23-24H2,1-2H3;3-6,8-10,12-14,16-17,22,27H,7,11,15,18H2,1-2H3/t30-;22-/m00/s1. The van der Waals surface area contributed by atoms with Crippen LogP contribution >= 0.6 is 0 Å². The molecule has 0 spiro atoms. The van der Waals surface area contributed by atoms with Crippen LogP contribution in [0.3, 0.4) is 0 Å². The van der Waals surface area contributed by atoms with E-state index in [4.69, 9.17) is 18.9 Å². The molecule has 2 aliphatic heterocycles. The maximum Gasteiger partial charge on any atom is 0.258 e. The van der Waals surface area contributed by atoms with Crippen LogP contribution in [-0.4, -0.2) is 90.0 Å². The molecule has 9 rings (SSSR count). The summed E-state index contributed by atoms with van der Waals surface area (Å²) in [5.74, 6) is 3.06. The van der Waals surface area contributed by atoms with Gasteiger partial charge in [-0.25, -0.2) is 0 Å². The number of rotatable bonds is 16. The summed E-state index contributed by atoms with van der Waals surface area (Å²) >= 11 is 0. The molecule has 6 aromatic rings. The van der Waals surface area contributed by atoms with Crippen LogP contribution in [0, 0.1) is 5.92 Å². The van der Waals surface area contributed by atoms with E-state index in [2.05, 4.69) is 83.0 Å². The van der Waals surface area contributed by atoms with E-state index < -0.39 is 0 Å². The normalized spacial score (nSPS) is 17.0. The molecule has 1 N–H and O–H groups in total. The molecule has 0 radical (unpaired) electrons. The van der Waals surface area contributed by atoms with Crippen molar-refractivity contribution >= 4 is 23.2 Å². The summed E-state index contributed by atoms with van der Waals surface area (Å²) in [6.07, 6.45) is 11.3. The molecule has 1 aliphatic carbocycles. The fourth-order valence-electron chi connectivity index (χ4n) is 10.2. The number of amides is 2. The van der Waals surface area contributed by atoms with Crippen LogP contribution < -0.4 is 34.1 Å². The van der Waals surface area contributed by atoms with Gasteiger partial charge in [-0.2, -0.15) is 0 Å². The summed E-state index contributed by atoms with van der Waals surface area (Å²) in [7, 11) is 6.39. The van der Waals surface area contributed by atoms with Crippen LogP contribution in [0.25, 0.3) is 22.3 Å². The first-order chi connectivity index (χ1) is 33.8. The van der Waals surface area contributed by atoms with Gasteiger partial charge in [-0.1, -0.05) is 104 Å². The van der Waals surface area contributed by atoms with Crippen LogP contribution in [0.2, 0.25) is 0 Å². The number of nitrogens with one attached hydrogen (secondary N) is 1. The Morgan fingerprint density at radius 3 is 1.51 bits per heavy atom. The van der Waals surface area contributed by atoms with Gasteiger partial charge in [0.15, 0.2) is 23.0 Å². The number of carbonyl (C=O) groups is 2. The lowest BCUT2D eigenvalue weighted by atomic mass is 9.89. The average Bonchev–Trinajstić information content (AvgIpc) is 4.11. The molecule has 2 amide bonds. The smallest absolute Gasteiger partial charge is 0.258 e. The summed E-state index contributed by atoms with van der Waals surface area (Å²) in [6.45, 7) is 4.58. The van der Waals surface area contributed by atoms with Crippen molar-refractivity contribution in [3.8, 4) is 45.3 Å². The number of hydrogen-bond acceptors (Lipinski definition) is 8. The largest absolute Gasteiger partial charge is 0.493 e. The second-order valence-corrected chi connectivity index (χ2v) is 18.4. The summed E-state index contributed by atoms with van der Waals surface area (Å²) < 4.78 is 21.7. The SMILES string of the molecule is COc1ccc(C(=O)N(C[C@@H]2CCCN2)c2cccc(-c3ccccc3)c2)cc1OC.COc1ccc(C(=O)N(C[C@@H]2CCCN2CC2CCCCC2)c2cccc(-c3ccccc3)c2)cc1OC. The fourth-order valence-corrected chi connectivity index (χ4v) is 10.2. The maximum absolute atomic E-state index is 14.2. The number of benzene rings is 6. The minimum absolute atomic E-state index is 0.0133. The van der Waals surface area contributed by atoms with Crippen molar-refractivity contribution in [2.45, 2.75) is 69.9 Å². The molecule has 2 heterocycles. The lowest BCUT2D eigenvalue weighted by molar-refractivity contribution is 0.0971. The molecule has 69 heavy (non-hydrogen) atoms. The molecule has 1 saturated carbocycles. The van der Waals surface area contributed by atoms with E-state index in [0.29, 0.717) is 53.3 Å². The Labute approximate surface area is 409 Å². The summed E-state index contributed by atoms with van der Waals surface area (Å²) in [6, 6.07) is 48.5. The van der Waals surface area contributed by atoms with Crippen molar-refractivity contribution in [1.82, 2.24) is 10.2 Å². The summed E-state index contributed by atoms with van der Waals surface area (Å²) in [5.41, 5.74) is 7.45.